The van der Waals surface area contributed by atoms with E-state index in [1.54, 1.807) is 7.11 Å². The van der Waals surface area contributed by atoms with Crippen LogP contribution in [0.3, 0.4) is 0 Å². The molecule has 1 atom stereocenters. The molecule has 0 saturated carbocycles. The Morgan fingerprint density at radius 2 is 2.19 bits per heavy atom. The van der Waals surface area contributed by atoms with Crippen LogP contribution in [-0.4, -0.2) is 50.8 Å². The Hall–Kier alpha value is -1.26. The summed E-state index contributed by atoms with van der Waals surface area (Å²) in [6.07, 6.45) is 4.79. The van der Waals surface area contributed by atoms with Gasteiger partial charge in [-0.2, -0.15) is 0 Å². The number of ether oxygens (including phenoxy) is 1. The van der Waals surface area contributed by atoms with Crippen LogP contribution in [0.5, 0.6) is 5.75 Å². The first-order valence-electron chi connectivity index (χ1n) is 8.18. The lowest BCUT2D eigenvalue weighted by Gasteiger charge is -2.46. The Bertz CT molecular complexity index is 463. The highest BCUT2D eigenvalue weighted by atomic mass is 16.5. The van der Waals surface area contributed by atoms with Crippen LogP contribution in [0, 0.1) is 0 Å². The molecule has 4 heteroatoms. The quantitative estimate of drug-likeness (QED) is 0.840. The zero-order valence-corrected chi connectivity index (χ0v) is 13.1. The number of para-hydroxylation sites is 1. The lowest BCUT2D eigenvalue weighted by molar-refractivity contribution is 0.210. The van der Waals surface area contributed by atoms with Gasteiger partial charge in [0, 0.05) is 25.7 Å². The molecular weight excluding hydrogens is 262 g/mol. The van der Waals surface area contributed by atoms with Gasteiger partial charge in [0.25, 0.3) is 0 Å². The number of rotatable bonds is 5. The largest absolute Gasteiger partial charge is 0.495 e. The number of benzene rings is 1. The summed E-state index contributed by atoms with van der Waals surface area (Å²) >= 11 is 0. The van der Waals surface area contributed by atoms with E-state index in [2.05, 4.69) is 28.0 Å². The second kappa shape index (κ2) is 6.67. The van der Waals surface area contributed by atoms with E-state index in [-0.39, 0.29) is 0 Å². The van der Waals surface area contributed by atoms with Gasteiger partial charge in [-0.25, -0.2) is 0 Å². The third kappa shape index (κ3) is 3.01. The van der Waals surface area contributed by atoms with Crippen molar-refractivity contribution in [1.29, 1.82) is 0 Å². The Morgan fingerprint density at radius 3 is 3.00 bits per heavy atom. The van der Waals surface area contributed by atoms with Crippen LogP contribution in [0.1, 0.15) is 24.8 Å². The molecule has 3 rings (SSSR count). The Balaban J connectivity index is 1.71. The molecule has 4 nitrogen and oxygen atoms in total. The van der Waals surface area contributed by atoms with Crippen molar-refractivity contribution in [2.75, 3.05) is 44.7 Å². The van der Waals surface area contributed by atoms with E-state index in [0.29, 0.717) is 6.04 Å². The lowest BCUT2D eigenvalue weighted by Crippen LogP contribution is -2.55. The number of aryl methyl sites for hydroxylation is 1. The standard InChI is InChI=1S/C17H27N3O/c1-21-16-6-4-5-14-7-8-15-13-19(10-3-2-9-18)11-12-20(15)17(14)16/h4-6,15H,2-3,7-13,18H2,1H3. The third-order valence-electron chi connectivity index (χ3n) is 4.83. The SMILES string of the molecule is COc1cccc2c1N1CCN(CCCCN)CC1CC2. The highest BCUT2D eigenvalue weighted by molar-refractivity contribution is 5.66. The van der Waals surface area contributed by atoms with Crippen molar-refractivity contribution in [2.45, 2.75) is 31.7 Å². The predicted octanol–water partition coefficient (Wildman–Crippen LogP) is 1.87. The average molecular weight is 289 g/mol. The summed E-state index contributed by atoms with van der Waals surface area (Å²) < 4.78 is 5.60. The molecule has 0 bridgehead atoms. The molecule has 2 aliphatic rings. The summed E-state index contributed by atoms with van der Waals surface area (Å²) in [4.78, 5) is 5.19. The molecule has 0 radical (unpaired) electrons. The summed E-state index contributed by atoms with van der Waals surface area (Å²) in [5, 5.41) is 0. The van der Waals surface area contributed by atoms with Crippen molar-refractivity contribution in [3.8, 4) is 5.75 Å². The Kier molecular flexibility index (Phi) is 4.66. The van der Waals surface area contributed by atoms with Gasteiger partial charge >= 0.3 is 0 Å². The maximum Gasteiger partial charge on any atom is 0.142 e. The number of nitrogens with two attached hydrogens (primary N) is 1. The zero-order chi connectivity index (χ0) is 14.7. The molecular formula is C17H27N3O. The fraction of sp³-hybridized carbons (Fsp3) is 0.647. The fourth-order valence-electron chi connectivity index (χ4n) is 3.73. The molecule has 1 aromatic rings. The number of methoxy groups -OCH3 is 1. The molecule has 0 aromatic heterocycles. The van der Waals surface area contributed by atoms with E-state index in [9.17, 15) is 0 Å². The lowest BCUT2D eigenvalue weighted by atomic mass is 9.93. The number of piperazine rings is 1. The summed E-state index contributed by atoms with van der Waals surface area (Å²) in [5.74, 6) is 1.04. The molecule has 1 saturated heterocycles. The van der Waals surface area contributed by atoms with Crippen LogP contribution >= 0.6 is 0 Å². The molecule has 21 heavy (non-hydrogen) atoms. The number of hydrogen-bond donors (Lipinski definition) is 1. The number of unbranched alkanes of at least 4 members (excludes halogenated alkanes) is 1. The van der Waals surface area contributed by atoms with Gasteiger partial charge in [0.05, 0.1) is 12.8 Å². The van der Waals surface area contributed by atoms with E-state index in [4.69, 9.17) is 10.5 Å². The van der Waals surface area contributed by atoms with Crippen molar-refractivity contribution in [2.24, 2.45) is 5.73 Å². The highest BCUT2D eigenvalue weighted by Gasteiger charge is 2.33. The van der Waals surface area contributed by atoms with Gasteiger partial charge in [0.15, 0.2) is 0 Å². The molecule has 116 valence electrons. The minimum atomic E-state index is 0.639. The predicted molar refractivity (Wildman–Crippen MR) is 87.2 cm³/mol. The molecule has 1 aromatic carbocycles. The minimum Gasteiger partial charge on any atom is -0.495 e. The van der Waals surface area contributed by atoms with Crippen molar-refractivity contribution in [1.82, 2.24) is 4.90 Å². The van der Waals surface area contributed by atoms with E-state index in [1.807, 2.05) is 0 Å². The van der Waals surface area contributed by atoms with Crippen LogP contribution in [0.4, 0.5) is 5.69 Å². The van der Waals surface area contributed by atoms with E-state index in [0.717, 1.165) is 31.8 Å². The normalized spacial score (nSPS) is 21.8. The second-order valence-electron chi connectivity index (χ2n) is 6.15. The number of hydrogen-bond acceptors (Lipinski definition) is 4. The highest BCUT2D eigenvalue weighted by Crippen LogP contribution is 2.39. The van der Waals surface area contributed by atoms with Crippen molar-refractivity contribution >= 4 is 5.69 Å². The summed E-state index contributed by atoms with van der Waals surface area (Å²) in [6.45, 7) is 5.45. The molecule has 2 heterocycles. The molecule has 2 aliphatic heterocycles. The molecule has 0 spiro atoms. The van der Waals surface area contributed by atoms with E-state index in [1.165, 1.54) is 43.6 Å². The van der Waals surface area contributed by atoms with Gasteiger partial charge in [-0.15, -0.1) is 0 Å². The van der Waals surface area contributed by atoms with Crippen LogP contribution < -0.4 is 15.4 Å². The van der Waals surface area contributed by atoms with Crippen LogP contribution in [-0.2, 0) is 6.42 Å². The van der Waals surface area contributed by atoms with Crippen molar-refractivity contribution in [3.05, 3.63) is 23.8 Å². The zero-order valence-electron chi connectivity index (χ0n) is 13.1. The maximum atomic E-state index is 5.60. The Labute approximate surface area is 127 Å². The van der Waals surface area contributed by atoms with Crippen LogP contribution in [0.15, 0.2) is 18.2 Å². The Morgan fingerprint density at radius 1 is 1.29 bits per heavy atom. The second-order valence-corrected chi connectivity index (χ2v) is 6.15. The third-order valence-corrected chi connectivity index (χ3v) is 4.83. The topological polar surface area (TPSA) is 41.7 Å². The molecule has 1 fully saturated rings. The monoisotopic (exact) mass is 289 g/mol. The first kappa shape index (κ1) is 14.7. The smallest absolute Gasteiger partial charge is 0.142 e. The van der Waals surface area contributed by atoms with Crippen LogP contribution in [0.2, 0.25) is 0 Å². The molecule has 0 aliphatic carbocycles. The number of nitrogens with zero attached hydrogens (tertiary/aromatic N) is 2. The minimum absolute atomic E-state index is 0.639. The molecule has 2 N–H and O–H groups in total. The van der Waals surface area contributed by atoms with Gasteiger partial charge in [0.1, 0.15) is 5.75 Å². The summed E-state index contributed by atoms with van der Waals surface area (Å²) in [5.41, 5.74) is 8.39. The summed E-state index contributed by atoms with van der Waals surface area (Å²) in [6, 6.07) is 7.10. The van der Waals surface area contributed by atoms with Gasteiger partial charge in [-0.3, -0.25) is 4.90 Å². The van der Waals surface area contributed by atoms with E-state index >= 15 is 0 Å². The van der Waals surface area contributed by atoms with Gasteiger partial charge < -0.3 is 15.4 Å². The van der Waals surface area contributed by atoms with E-state index < -0.39 is 0 Å². The van der Waals surface area contributed by atoms with Crippen molar-refractivity contribution < 1.29 is 4.74 Å². The van der Waals surface area contributed by atoms with Crippen LogP contribution in [0.25, 0.3) is 0 Å². The summed E-state index contributed by atoms with van der Waals surface area (Å²) in [7, 11) is 1.78. The fourth-order valence-corrected chi connectivity index (χ4v) is 3.73. The molecule has 1 unspecified atom stereocenters. The first-order valence-corrected chi connectivity index (χ1v) is 8.18. The number of anilines is 1. The van der Waals surface area contributed by atoms with Crippen molar-refractivity contribution in [3.63, 3.8) is 0 Å². The average Bonchev–Trinajstić information content (AvgIpc) is 2.54. The van der Waals surface area contributed by atoms with Gasteiger partial charge in [-0.1, -0.05) is 12.1 Å². The first-order chi connectivity index (χ1) is 10.3. The number of fused-ring (bicyclic) bond motifs is 3. The van der Waals surface area contributed by atoms with Gasteiger partial charge in [0.2, 0.25) is 0 Å². The maximum absolute atomic E-state index is 5.60. The van der Waals surface area contributed by atoms with Gasteiger partial charge in [-0.05, 0) is 50.4 Å². The molecule has 0 amide bonds.